The minimum atomic E-state index is -0.923. The molecular weight excluding hydrogens is 406 g/mol. The summed E-state index contributed by atoms with van der Waals surface area (Å²) < 4.78 is 2.07. The van der Waals surface area contributed by atoms with Crippen LogP contribution in [0.25, 0.3) is 11.0 Å². The number of aromatic hydroxyl groups is 1. The van der Waals surface area contributed by atoms with Crippen molar-refractivity contribution in [3.05, 3.63) is 53.6 Å². The number of imidazole rings is 1. The lowest BCUT2D eigenvalue weighted by Crippen LogP contribution is -2.25. The molecule has 1 unspecified atom stereocenters. The van der Waals surface area contributed by atoms with Crippen molar-refractivity contribution in [2.45, 2.75) is 77.4 Å². The maximum atomic E-state index is 11.3. The molecule has 0 fully saturated rings. The van der Waals surface area contributed by atoms with Crippen molar-refractivity contribution < 1.29 is 20.1 Å². The van der Waals surface area contributed by atoms with Crippen molar-refractivity contribution in [2.24, 2.45) is 0 Å². The average molecular weight is 440 g/mol. The van der Waals surface area contributed by atoms with Crippen LogP contribution in [-0.2, 0) is 23.4 Å². The first-order valence-electron chi connectivity index (χ1n) is 11.4. The topological polar surface area (TPSA) is 108 Å². The Morgan fingerprint density at radius 2 is 1.88 bits per heavy atom. The van der Waals surface area contributed by atoms with Gasteiger partial charge in [0, 0.05) is 18.7 Å². The highest BCUT2D eigenvalue weighted by Gasteiger charge is 2.27. The number of nitrogens with zero attached hydrogens (tertiary/aromatic N) is 3. The molecule has 0 aliphatic heterocycles. The fourth-order valence-corrected chi connectivity index (χ4v) is 4.31. The average Bonchev–Trinajstić information content (AvgIpc) is 3.15. The maximum Gasteiger partial charge on any atom is 0.303 e. The van der Waals surface area contributed by atoms with E-state index in [4.69, 9.17) is 10.1 Å². The van der Waals surface area contributed by atoms with E-state index in [9.17, 15) is 15.0 Å². The summed E-state index contributed by atoms with van der Waals surface area (Å²) in [5, 5.41) is 29.7. The zero-order valence-electron chi connectivity index (χ0n) is 18.9. The summed E-state index contributed by atoms with van der Waals surface area (Å²) in [6, 6.07) is 8.88. The summed E-state index contributed by atoms with van der Waals surface area (Å²) in [6.07, 6.45) is 7.05. The third-order valence-corrected chi connectivity index (χ3v) is 5.97. The third-order valence-electron chi connectivity index (χ3n) is 5.97. The van der Waals surface area contributed by atoms with E-state index in [0.717, 1.165) is 60.2 Å². The largest absolute Gasteiger partial charge is 0.508 e. The predicted octanol–water partition coefficient (Wildman–Crippen LogP) is 4.71. The molecule has 3 N–H and O–H groups in total. The quantitative estimate of drug-likeness (QED) is 0.353. The lowest BCUT2D eigenvalue weighted by molar-refractivity contribution is -0.137. The number of carboxylic acid groups (broad SMARTS) is 1. The van der Waals surface area contributed by atoms with Crippen LogP contribution in [0.15, 0.2) is 36.7 Å². The van der Waals surface area contributed by atoms with Gasteiger partial charge in [-0.15, -0.1) is 0 Å². The zero-order chi connectivity index (χ0) is 23.1. The Hall–Kier alpha value is -2.93. The number of pyridine rings is 1. The molecule has 7 nitrogen and oxygen atoms in total. The number of phenols is 1. The molecule has 7 heteroatoms. The van der Waals surface area contributed by atoms with E-state index in [-0.39, 0.29) is 12.2 Å². The van der Waals surface area contributed by atoms with Gasteiger partial charge >= 0.3 is 5.97 Å². The van der Waals surface area contributed by atoms with Gasteiger partial charge < -0.3 is 19.9 Å². The lowest BCUT2D eigenvalue weighted by atomic mass is 9.84. The van der Waals surface area contributed by atoms with Crippen molar-refractivity contribution in [1.29, 1.82) is 0 Å². The number of carboxylic acids is 1. The minimum Gasteiger partial charge on any atom is -0.508 e. The van der Waals surface area contributed by atoms with Gasteiger partial charge in [0.05, 0.1) is 23.1 Å². The second-order valence-electron chi connectivity index (χ2n) is 8.54. The highest BCUT2D eigenvalue weighted by Crippen LogP contribution is 2.33. The Morgan fingerprint density at radius 3 is 2.56 bits per heavy atom. The molecule has 2 heterocycles. The van der Waals surface area contributed by atoms with Gasteiger partial charge in [-0.2, -0.15) is 0 Å². The number of unbranched alkanes of at least 4 members (excludes halogenated alkanes) is 1. The molecule has 0 saturated carbocycles. The number of hydrogen-bond acceptors (Lipinski definition) is 5. The first-order valence-corrected chi connectivity index (χ1v) is 11.4. The third kappa shape index (κ3) is 5.85. The van der Waals surface area contributed by atoms with Crippen LogP contribution in [0.1, 0.15) is 68.8 Å². The summed E-state index contributed by atoms with van der Waals surface area (Å²) in [4.78, 5) is 19.9. The molecule has 1 aromatic carbocycles. The molecule has 172 valence electrons. The summed E-state index contributed by atoms with van der Waals surface area (Å²) in [5.74, 6) is -0.571. The number of aliphatic carboxylic acids is 1. The van der Waals surface area contributed by atoms with Crippen LogP contribution in [0.4, 0.5) is 0 Å². The molecule has 0 spiro atoms. The number of rotatable bonds is 12. The van der Waals surface area contributed by atoms with Crippen LogP contribution in [-0.4, -0.2) is 35.8 Å². The number of hydrogen-bond donors (Lipinski definition) is 3. The van der Waals surface area contributed by atoms with E-state index in [1.165, 1.54) is 0 Å². The number of aromatic nitrogens is 3. The van der Waals surface area contributed by atoms with Crippen LogP contribution in [0.5, 0.6) is 5.75 Å². The van der Waals surface area contributed by atoms with E-state index in [1.807, 2.05) is 6.92 Å². The Balaban J connectivity index is 1.69. The number of carbonyl (C=O) groups is 1. The Bertz CT molecular complexity index is 1050. The van der Waals surface area contributed by atoms with Gasteiger partial charge in [-0.05, 0) is 69.2 Å². The van der Waals surface area contributed by atoms with Gasteiger partial charge in [-0.25, -0.2) is 4.98 Å². The summed E-state index contributed by atoms with van der Waals surface area (Å²) in [6.45, 7) is 4.74. The second-order valence-corrected chi connectivity index (χ2v) is 8.54. The molecule has 0 radical (unpaired) electrons. The van der Waals surface area contributed by atoms with E-state index < -0.39 is 11.6 Å². The number of benzene rings is 1. The van der Waals surface area contributed by atoms with Gasteiger partial charge in [-0.3, -0.25) is 9.78 Å². The normalized spacial score (nSPS) is 13.3. The molecule has 3 rings (SSSR count). The van der Waals surface area contributed by atoms with Crippen LogP contribution >= 0.6 is 0 Å². The first kappa shape index (κ1) is 23.7. The van der Waals surface area contributed by atoms with Crippen LogP contribution in [0.3, 0.4) is 0 Å². The van der Waals surface area contributed by atoms with Crippen LogP contribution < -0.4 is 0 Å². The first-order chi connectivity index (χ1) is 15.3. The van der Waals surface area contributed by atoms with Crippen molar-refractivity contribution in [3.63, 3.8) is 0 Å². The molecule has 0 saturated heterocycles. The molecule has 32 heavy (non-hydrogen) atoms. The summed E-state index contributed by atoms with van der Waals surface area (Å²) in [5.41, 5.74) is 3.64. The monoisotopic (exact) mass is 439 g/mol. The highest BCUT2D eigenvalue weighted by molar-refractivity contribution is 5.77. The summed E-state index contributed by atoms with van der Waals surface area (Å²) >= 11 is 0. The molecule has 2 aromatic heterocycles. The van der Waals surface area contributed by atoms with Gasteiger partial charge in [0.15, 0.2) is 0 Å². The number of fused-ring (bicyclic) bond motifs is 1. The number of phenolic OH excluding ortho intramolecular Hbond substituents is 1. The zero-order valence-corrected chi connectivity index (χ0v) is 18.9. The Morgan fingerprint density at radius 1 is 1.12 bits per heavy atom. The Labute approximate surface area is 188 Å². The van der Waals surface area contributed by atoms with Crippen LogP contribution in [0, 0.1) is 6.92 Å². The van der Waals surface area contributed by atoms with Crippen molar-refractivity contribution in [1.82, 2.24) is 14.5 Å². The fraction of sp³-hybridized carbons (Fsp3) is 0.480. The van der Waals surface area contributed by atoms with E-state index in [1.54, 1.807) is 30.6 Å². The fourth-order valence-electron chi connectivity index (χ4n) is 4.31. The number of aliphatic hydroxyl groups is 1. The van der Waals surface area contributed by atoms with Gasteiger partial charge in [-0.1, -0.05) is 25.5 Å². The van der Waals surface area contributed by atoms with Crippen molar-refractivity contribution in [2.75, 3.05) is 0 Å². The number of aryl methyl sites for hydroxylation is 3. The van der Waals surface area contributed by atoms with E-state index in [2.05, 4.69) is 22.5 Å². The van der Waals surface area contributed by atoms with Crippen molar-refractivity contribution >= 4 is 17.0 Å². The molecule has 1 atom stereocenters. The molecule has 0 aliphatic rings. The predicted molar refractivity (Wildman–Crippen MR) is 124 cm³/mol. The van der Waals surface area contributed by atoms with Crippen LogP contribution in [0.2, 0.25) is 0 Å². The molecule has 0 bridgehead atoms. The minimum absolute atomic E-state index is 0.181. The second kappa shape index (κ2) is 10.6. The SMILES string of the molecule is CCCC(O)(CCCc1cc2c(ncn2CCCCC(=O)O)c(C)n1)c1ccc(O)cc1. The van der Waals surface area contributed by atoms with Gasteiger partial charge in [0.2, 0.25) is 0 Å². The lowest BCUT2D eigenvalue weighted by Gasteiger charge is -2.28. The standard InChI is InChI=1S/C25H33N3O4/c1-3-13-25(32,19-9-11-21(29)12-10-19)14-6-7-20-16-22-24(18(2)27-20)26-17-28(22)15-5-4-8-23(30)31/h9-12,16-17,29,32H,3-8,13-15H2,1-2H3,(H,30,31). The molecule has 0 amide bonds. The van der Waals surface area contributed by atoms with Gasteiger partial charge in [0.25, 0.3) is 0 Å². The smallest absolute Gasteiger partial charge is 0.303 e. The molecular formula is C25H33N3O4. The molecule has 0 aliphatic carbocycles. The summed E-state index contributed by atoms with van der Waals surface area (Å²) in [7, 11) is 0. The Kier molecular flexibility index (Phi) is 7.85. The highest BCUT2D eigenvalue weighted by atomic mass is 16.4. The molecule has 3 aromatic rings. The van der Waals surface area contributed by atoms with Crippen molar-refractivity contribution in [3.8, 4) is 5.75 Å². The van der Waals surface area contributed by atoms with E-state index >= 15 is 0 Å². The maximum absolute atomic E-state index is 11.3. The van der Waals surface area contributed by atoms with Gasteiger partial charge in [0.1, 0.15) is 11.3 Å². The van der Waals surface area contributed by atoms with E-state index in [0.29, 0.717) is 19.3 Å².